The Bertz CT molecular complexity index is 1240. The molecule has 3 atom stereocenters. The summed E-state index contributed by atoms with van der Waals surface area (Å²) in [5.74, 6) is 0.397. The number of rotatable bonds is 4. The monoisotopic (exact) mass is 445 g/mol. The minimum atomic E-state index is -4.42. The molecule has 2 saturated heterocycles. The van der Waals surface area contributed by atoms with E-state index < -0.39 is 17.8 Å². The van der Waals surface area contributed by atoms with Gasteiger partial charge in [0.2, 0.25) is 0 Å². The van der Waals surface area contributed by atoms with Gasteiger partial charge >= 0.3 is 6.18 Å². The zero-order valence-corrected chi connectivity index (χ0v) is 17.5. The fourth-order valence-electron chi connectivity index (χ4n) is 4.51. The second kappa shape index (κ2) is 7.47. The first kappa shape index (κ1) is 20.7. The van der Waals surface area contributed by atoms with Gasteiger partial charge in [-0.1, -0.05) is 12.1 Å². The Hall–Kier alpha value is -3.14. The number of hydrogen-bond donors (Lipinski definition) is 2. The number of aromatic amines is 1. The molecule has 2 fully saturated rings. The summed E-state index contributed by atoms with van der Waals surface area (Å²) in [6.45, 7) is 4.75. The molecular weight excluding hydrogens is 423 g/mol. The summed E-state index contributed by atoms with van der Waals surface area (Å²) in [5, 5.41) is 12.2. The van der Waals surface area contributed by atoms with Crippen LogP contribution >= 0.6 is 0 Å². The molecule has 32 heavy (non-hydrogen) atoms. The van der Waals surface area contributed by atoms with E-state index in [9.17, 15) is 18.0 Å². The van der Waals surface area contributed by atoms with E-state index in [0.29, 0.717) is 46.8 Å². The third-order valence-electron chi connectivity index (χ3n) is 6.22. The van der Waals surface area contributed by atoms with Crippen LogP contribution in [0.25, 0.3) is 10.9 Å². The Labute approximate surface area is 181 Å². The van der Waals surface area contributed by atoms with Gasteiger partial charge in [-0.2, -0.15) is 18.3 Å². The summed E-state index contributed by atoms with van der Waals surface area (Å²) < 4.78 is 45.0. The van der Waals surface area contributed by atoms with Gasteiger partial charge in [0.15, 0.2) is 5.82 Å². The Kier molecular flexibility index (Phi) is 4.85. The number of halogens is 3. The van der Waals surface area contributed by atoms with Crippen molar-refractivity contribution in [2.75, 3.05) is 23.4 Å². The second-order valence-electron chi connectivity index (χ2n) is 8.39. The average Bonchev–Trinajstić information content (AvgIpc) is 3.39. The summed E-state index contributed by atoms with van der Waals surface area (Å²) in [6, 6.07) is 6.66. The quantitative estimate of drug-likeness (QED) is 0.636. The number of aryl methyl sites for hydroxylation is 1. The first-order valence-electron chi connectivity index (χ1n) is 10.4. The number of alkyl halides is 3. The molecule has 2 unspecified atom stereocenters. The minimum Gasteiger partial charge on any atom is -0.374 e. The molecular formula is C22H22F3N5O2. The Morgan fingerprint density at radius 3 is 2.78 bits per heavy atom. The van der Waals surface area contributed by atoms with E-state index in [-0.39, 0.29) is 17.7 Å². The summed E-state index contributed by atoms with van der Waals surface area (Å²) in [5.41, 5.74) is 1.20. The van der Waals surface area contributed by atoms with Gasteiger partial charge in [-0.15, -0.1) is 5.10 Å². The van der Waals surface area contributed by atoms with E-state index in [4.69, 9.17) is 4.74 Å². The Balaban J connectivity index is 1.52. The predicted molar refractivity (Wildman–Crippen MR) is 114 cm³/mol. The first-order valence-corrected chi connectivity index (χ1v) is 10.4. The lowest BCUT2D eigenvalue weighted by Gasteiger charge is -2.28. The van der Waals surface area contributed by atoms with Gasteiger partial charge in [-0.25, -0.2) is 0 Å². The number of hydrogen-bond acceptors (Lipinski definition) is 6. The number of H-pyrrole nitrogens is 1. The Morgan fingerprint density at radius 1 is 1.28 bits per heavy atom. The number of fused-ring (bicyclic) bond motifs is 3. The van der Waals surface area contributed by atoms with Gasteiger partial charge < -0.3 is 19.9 Å². The topological polar surface area (TPSA) is 83.1 Å². The SMILES string of the molecule is Cc1nnc(N[C@H](C)c2cccc(C(F)(F)F)c2)c2cc(N3CC4CC3CO4)c(=O)[nH]c12. The zero-order valence-electron chi connectivity index (χ0n) is 17.5. The average molecular weight is 445 g/mol. The van der Waals surface area contributed by atoms with Gasteiger partial charge in [-0.3, -0.25) is 4.79 Å². The van der Waals surface area contributed by atoms with Crippen molar-refractivity contribution < 1.29 is 17.9 Å². The highest BCUT2D eigenvalue weighted by atomic mass is 19.4. The standard InChI is InChI=1S/C22H22F3N5O2/c1-11(13-4-3-5-14(6-13)22(23,24)25)26-20-17-8-18(30-9-16-7-15(30)10-32-16)21(31)27-19(17)12(2)28-29-20/h3-6,8,11,15-16H,7,9-10H2,1-2H3,(H,26,29)(H,27,31)/t11-,15?,16?/m1/s1. The van der Waals surface area contributed by atoms with Crippen LogP contribution in [0.3, 0.4) is 0 Å². The van der Waals surface area contributed by atoms with Gasteiger partial charge in [0, 0.05) is 11.9 Å². The molecule has 7 nitrogen and oxygen atoms in total. The van der Waals surface area contributed by atoms with E-state index in [1.807, 2.05) is 0 Å². The molecule has 2 aliphatic rings. The molecule has 2 bridgehead atoms. The summed E-state index contributed by atoms with van der Waals surface area (Å²) in [4.78, 5) is 17.8. The maximum Gasteiger partial charge on any atom is 0.416 e. The lowest BCUT2D eigenvalue weighted by atomic mass is 10.0. The molecule has 0 aliphatic carbocycles. The number of anilines is 2. The van der Waals surface area contributed by atoms with E-state index in [1.54, 1.807) is 26.0 Å². The molecule has 1 aromatic carbocycles. The Morgan fingerprint density at radius 2 is 2.09 bits per heavy atom. The number of benzene rings is 1. The van der Waals surface area contributed by atoms with Crippen LogP contribution < -0.4 is 15.8 Å². The van der Waals surface area contributed by atoms with Crippen LogP contribution in [0, 0.1) is 6.92 Å². The van der Waals surface area contributed by atoms with Crippen molar-refractivity contribution in [3.63, 3.8) is 0 Å². The highest BCUT2D eigenvalue weighted by molar-refractivity contribution is 5.92. The van der Waals surface area contributed by atoms with Gasteiger partial charge in [-0.05, 0) is 44.0 Å². The highest BCUT2D eigenvalue weighted by Gasteiger charge is 2.40. The zero-order chi connectivity index (χ0) is 22.6. The van der Waals surface area contributed by atoms with Crippen molar-refractivity contribution in [3.05, 3.63) is 57.5 Å². The molecule has 2 aromatic heterocycles. The third-order valence-corrected chi connectivity index (χ3v) is 6.22. The molecule has 10 heteroatoms. The van der Waals surface area contributed by atoms with Crippen LogP contribution in [0.2, 0.25) is 0 Å². The first-order chi connectivity index (χ1) is 15.2. The molecule has 5 rings (SSSR count). The van der Waals surface area contributed by atoms with Gasteiger partial charge in [0.05, 0.1) is 41.6 Å². The van der Waals surface area contributed by atoms with Crippen molar-refractivity contribution in [2.45, 2.75) is 44.6 Å². The number of nitrogens with zero attached hydrogens (tertiary/aromatic N) is 3. The van der Waals surface area contributed by atoms with Crippen molar-refractivity contribution >= 4 is 22.4 Å². The van der Waals surface area contributed by atoms with Crippen LogP contribution in [-0.2, 0) is 10.9 Å². The molecule has 2 aliphatic heterocycles. The molecule has 0 amide bonds. The van der Waals surface area contributed by atoms with Crippen LogP contribution in [-0.4, -0.2) is 40.5 Å². The number of nitrogens with one attached hydrogen (secondary N) is 2. The summed E-state index contributed by atoms with van der Waals surface area (Å²) in [6.07, 6.45) is -3.40. The van der Waals surface area contributed by atoms with Crippen LogP contribution in [0.1, 0.15) is 36.2 Å². The number of aromatic nitrogens is 3. The molecule has 168 valence electrons. The van der Waals surface area contributed by atoms with Crippen LogP contribution in [0.5, 0.6) is 0 Å². The van der Waals surface area contributed by atoms with E-state index in [2.05, 4.69) is 25.4 Å². The van der Waals surface area contributed by atoms with Crippen molar-refractivity contribution in [3.8, 4) is 0 Å². The largest absolute Gasteiger partial charge is 0.416 e. The van der Waals surface area contributed by atoms with Crippen LogP contribution in [0.15, 0.2) is 35.1 Å². The normalized spacial score (nSPS) is 21.3. The van der Waals surface area contributed by atoms with E-state index >= 15 is 0 Å². The number of pyridine rings is 1. The fraction of sp³-hybridized carbons (Fsp3) is 0.409. The third kappa shape index (κ3) is 3.58. The molecule has 0 radical (unpaired) electrons. The predicted octanol–water partition coefficient (Wildman–Crippen LogP) is 3.80. The van der Waals surface area contributed by atoms with Crippen LogP contribution in [0.4, 0.5) is 24.7 Å². The van der Waals surface area contributed by atoms with Gasteiger partial charge in [0.25, 0.3) is 5.56 Å². The molecule has 0 spiro atoms. The highest BCUT2D eigenvalue weighted by Crippen LogP contribution is 2.34. The maximum atomic E-state index is 13.1. The fourth-order valence-corrected chi connectivity index (χ4v) is 4.51. The van der Waals surface area contributed by atoms with E-state index in [1.165, 1.54) is 6.07 Å². The summed E-state index contributed by atoms with van der Waals surface area (Å²) in [7, 11) is 0. The minimum absolute atomic E-state index is 0.130. The lowest BCUT2D eigenvalue weighted by Crippen LogP contribution is -2.39. The lowest BCUT2D eigenvalue weighted by molar-refractivity contribution is -0.137. The number of morpholine rings is 1. The van der Waals surface area contributed by atoms with Gasteiger partial charge in [0.1, 0.15) is 5.69 Å². The molecule has 3 aromatic rings. The van der Waals surface area contributed by atoms with Crippen molar-refractivity contribution in [1.29, 1.82) is 0 Å². The smallest absolute Gasteiger partial charge is 0.374 e. The molecule has 2 N–H and O–H groups in total. The van der Waals surface area contributed by atoms with E-state index in [0.717, 1.165) is 18.6 Å². The molecule has 4 heterocycles. The summed E-state index contributed by atoms with van der Waals surface area (Å²) >= 11 is 0. The molecule has 0 saturated carbocycles. The van der Waals surface area contributed by atoms with Crippen molar-refractivity contribution in [1.82, 2.24) is 15.2 Å². The van der Waals surface area contributed by atoms with Crippen molar-refractivity contribution in [2.24, 2.45) is 0 Å². The number of ether oxygens (including phenoxy) is 1. The second-order valence-corrected chi connectivity index (χ2v) is 8.39. The maximum absolute atomic E-state index is 13.1.